The fraction of sp³-hybridized carbons (Fsp3) is 0.444. The monoisotopic (exact) mass is 302 g/mol. The van der Waals surface area contributed by atoms with Gasteiger partial charge in [0.2, 0.25) is 11.6 Å². The Morgan fingerprint density at radius 2 is 2.00 bits per heavy atom. The van der Waals surface area contributed by atoms with Crippen LogP contribution in [0.4, 0.5) is 0 Å². The summed E-state index contributed by atoms with van der Waals surface area (Å²) < 4.78 is 0. The van der Waals surface area contributed by atoms with Crippen molar-refractivity contribution in [3.05, 3.63) is 34.9 Å². The number of carbonyl (C=O) groups excluding carboxylic acids is 2. The molecule has 4 heteroatoms. The maximum atomic E-state index is 12.3. The van der Waals surface area contributed by atoms with E-state index in [0.29, 0.717) is 30.4 Å². The van der Waals surface area contributed by atoms with Gasteiger partial charge in [-0.2, -0.15) is 0 Å². The van der Waals surface area contributed by atoms with Crippen LogP contribution in [-0.2, 0) is 17.6 Å². The second kappa shape index (κ2) is 6.77. The van der Waals surface area contributed by atoms with Gasteiger partial charge in [0, 0.05) is 12.0 Å². The number of allylic oxidation sites excluding steroid dienone is 2. The van der Waals surface area contributed by atoms with Crippen LogP contribution in [0, 0.1) is 5.92 Å². The first kappa shape index (κ1) is 16.3. The molecule has 0 amide bonds. The molecule has 0 unspecified atom stereocenters. The van der Waals surface area contributed by atoms with Crippen LogP contribution in [-0.4, -0.2) is 21.8 Å². The number of rotatable bonds is 5. The maximum absolute atomic E-state index is 12.3. The minimum Gasteiger partial charge on any atom is -0.508 e. The third-order valence-corrected chi connectivity index (χ3v) is 4.21. The van der Waals surface area contributed by atoms with E-state index in [1.807, 2.05) is 26.0 Å². The number of aromatic hydroxyl groups is 2. The van der Waals surface area contributed by atoms with Crippen molar-refractivity contribution in [1.29, 1.82) is 0 Å². The lowest BCUT2D eigenvalue weighted by atomic mass is 9.77. The molecule has 2 N–H and O–H groups in total. The number of fused-ring (bicyclic) bond motifs is 1. The average molecular weight is 302 g/mol. The Hall–Kier alpha value is -2.10. The van der Waals surface area contributed by atoms with Crippen molar-refractivity contribution in [3.8, 4) is 11.5 Å². The summed E-state index contributed by atoms with van der Waals surface area (Å²) in [4.78, 5) is 24.5. The van der Waals surface area contributed by atoms with Crippen molar-refractivity contribution in [2.45, 2.75) is 46.0 Å². The zero-order chi connectivity index (χ0) is 16.3. The molecule has 0 spiro atoms. The molecule has 0 saturated carbocycles. The molecule has 0 bridgehead atoms. The number of phenols is 2. The summed E-state index contributed by atoms with van der Waals surface area (Å²) in [5.41, 5.74) is 1.43. The van der Waals surface area contributed by atoms with Gasteiger partial charge in [0.1, 0.15) is 11.5 Å². The van der Waals surface area contributed by atoms with Crippen LogP contribution < -0.4 is 0 Å². The molecule has 0 fully saturated rings. The van der Waals surface area contributed by atoms with E-state index in [1.165, 1.54) is 6.07 Å². The molecule has 118 valence electrons. The van der Waals surface area contributed by atoms with E-state index >= 15 is 0 Å². The average Bonchev–Trinajstić information content (AvgIpc) is 2.48. The zero-order valence-electron chi connectivity index (χ0n) is 13.1. The van der Waals surface area contributed by atoms with E-state index in [-0.39, 0.29) is 17.1 Å². The zero-order valence-corrected chi connectivity index (χ0v) is 13.1. The number of ketones is 2. The van der Waals surface area contributed by atoms with Crippen molar-refractivity contribution in [2.75, 3.05) is 0 Å². The van der Waals surface area contributed by atoms with Gasteiger partial charge in [-0.25, -0.2) is 0 Å². The van der Waals surface area contributed by atoms with Crippen LogP contribution in [0.25, 0.3) is 0 Å². The number of hydrogen-bond donors (Lipinski definition) is 2. The maximum Gasteiger partial charge on any atom is 0.232 e. The van der Waals surface area contributed by atoms with Crippen molar-refractivity contribution in [3.63, 3.8) is 0 Å². The summed E-state index contributed by atoms with van der Waals surface area (Å²) in [6, 6.07) is 1.18. The van der Waals surface area contributed by atoms with E-state index in [2.05, 4.69) is 0 Å². The molecular weight excluding hydrogens is 280 g/mol. The number of carbonyl (C=O) groups is 2. The first-order chi connectivity index (χ1) is 10.5. The lowest BCUT2D eigenvalue weighted by molar-refractivity contribution is -0.118. The van der Waals surface area contributed by atoms with Gasteiger partial charge in [0.15, 0.2) is 0 Å². The molecule has 22 heavy (non-hydrogen) atoms. The Bertz CT molecular complexity index is 628. The highest BCUT2D eigenvalue weighted by atomic mass is 16.3. The van der Waals surface area contributed by atoms with Crippen LogP contribution >= 0.6 is 0 Å². The molecule has 4 nitrogen and oxygen atoms in total. The quantitative estimate of drug-likeness (QED) is 0.646. The molecular formula is C18H22O4. The van der Waals surface area contributed by atoms with Crippen molar-refractivity contribution in [1.82, 2.24) is 0 Å². The predicted octanol–water partition coefficient (Wildman–Crippen LogP) is 3.33. The Morgan fingerprint density at radius 1 is 1.27 bits per heavy atom. The second-order valence-corrected chi connectivity index (χ2v) is 5.75. The van der Waals surface area contributed by atoms with Crippen molar-refractivity contribution < 1.29 is 19.8 Å². The van der Waals surface area contributed by atoms with Gasteiger partial charge in [0.25, 0.3) is 0 Å². The Kier molecular flexibility index (Phi) is 5.01. The SMILES string of the molecule is CC=CC[C@@H]1Cc2c(CCCC)c(O)cc(O)c2C(=O)C1=O. The molecule has 1 atom stereocenters. The van der Waals surface area contributed by atoms with Crippen LogP contribution in [0.3, 0.4) is 0 Å². The lowest BCUT2D eigenvalue weighted by Crippen LogP contribution is -2.32. The summed E-state index contributed by atoms with van der Waals surface area (Å²) in [6.45, 7) is 3.92. The van der Waals surface area contributed by atoms with Gasteiger partial charge in [-0.3, -0.25) is 9.59 Å². The van der Waals surface area contributed by atoms with E-state index in [9.17, 15) is 19.8 Å². The summed E-state index contributed by atoms with van der Waals surface area (Å²) in [7, 11) is 0. The molecule has 1 aliphatic rings. The first-order valence-corrected chi connectivity index (χ1v) is 7.77. The smallest absolute Gasteiger partial charge is 0.232 e. The predicted molar refractivity (Wildman–Crippen MR) is 84.3 cm³/mol. The topological polar surface area (TPSA) is 74.6 Å². The number of benzene rings is 1. The molecule has 1 aromatic rings. The third-order valence-electron chi connectivity index (χ3n) is 4.21. The summed E-state index contributed by atoms with van der Waals surface area (Å²) in [5, 5.41) is 20.1. The molecule has 0 radical (unpaired) electrons. The minimum absolute atomic E-state index is 0.0108. The standard InChI is InChI=1S/C18H22O4/c1-3-5-7-11-9-13-12(8-6-4-2)14(19)10-15(20)16(13)18(22)17(11)21/h3,5,10-11,19-20H,4,6-9H2,1-2H3/t11-/m1/s1. The van der Waals surface area contributed by atoms with Crippen LogP contribution in [0.5, 0.6) is 11.5 Å². The molecule has 2 rings (SSSR count). The lowest BCUT2D eigenvalue weighted by Gasteiger charge is -2.25. The summed E-state index contributed by atoms with van der Waals surface area (Å²) in [5.74, 6) is -1.77. The molecule has 0 aromatic heterocycles. The van der Waals surface area contributed by atoms with E-state index in [0.717, 1.165) is 12.8 Å². The van der Waals surface area contributed by atoms with Crippen LogP contribution in [0.1, 0.15) is 54.6 Å². The Balaban J connectivity index is 2.51. The molecule has 0 saturated heterocycles. The molecule has 1 aromatic carbocycles. The summed E-state index contributed by atoms with van der Waals surface area (Å²) in [6.07, 6.45) is 7.11. The Labute approximate surface area is 130 Å². The van der Waals surface area contributed by atoms with E-state index < -0.39 is 17.5 Å². The minimum atomic E-state index is -0.633. The van der Waals surface area contributed by atoms with Crippen LogP contribution in [0.15, 0.2) is 18.2 Å². The van der Waals surface area contributed by atoms with Crippen molar-refractivity contribution >= 4 is 11.6 Å². The van der Waals surface area contributed by atoms with Crippen molar-refractivity contribution in [2.24, 2.45) is 5.92 Å². The highest BCUT2D eigenvalue weighted by Crippen LogP contribution is 2.39. The van der Waals surface area contributed by atoms with E-state index in [1.54, 1.807) is 0 Å². The third kappa shape index (κ3) is 2.91. The van der Waals surface area contributed by atoms with Gasteiger partial charge >= 0.3 is 0 Å². The Morgan fingerprint density at radius 3 is 2.64 bits per heavy atom. The molecule has 0 aliphatic heterocycles. The number of hydrogen-bond acceptors (Lipinski definition) is 4. The number of unbranched alkanes of at least 4 members (excludes halogenated alkanes) is 1. The summed E-state index contributed by atoms with van der Waals surface area (Å²) >= 11 is 0. The first-order valence-electron chi connectivity index (χ1n) is 7.77. The normalized spacial score (nSPS) is 18.0. The largest absolute Gasteiger partial charge is 0.508 e. The molecule has 0 heterocycles. The van der Waals surface area contributed by atoms with Gasteiger partial charge in [-0.1, -0.05) is 25.5 Å². The van der Waals surface area contributed by atoms with Gasteiger partial charge < -0.3 is 10.2 Å². The highest BCUT2D eigenvalue weighted by molar-refractivity contribution is 6.46. The van der Waals surface area contributed by atoms with Crippen LogP contribution in [0.2, 0.25) is 0 Å². The molecule has 1 aliphatic carbocycles. The number of phenolic OH excluding ortho intramolecular Hbond substituents is 2. The highest BCUT2D eigenvalue weighted by Gasteiger charge is 2.37. The van der Waals surface area contributed by atoms with Gasteiger partial charge in [0.05, 0.1) is 5.56 Å². The van der Waals surface area contributed by atoms with Gasteiger partial charge in [-0.15, -0.1) is 0 Å². The van der Waals surface area contributed by atoms with Gasteiger partial charge in [-0.05, 0) is 43.7 Å². The number of Topliss-reactive ketones (excluding diaryl/α,β-unsaturated/α-hetero) is 2. The fourth-order valence-corrected chi connectivity index (χ4v) is 3.00. The van der Waals surface area contributed by atoms with E-state index in [4.69, 9.17) is 0 Å². The second-order valence-electron chi connectivity index (χ2n) is 5.75. The fourth-order valence-electron chi connectivity index (χ4n) is 3.00.